The van der Waals surface area contributed by atoms with Crippen LogP contribution in [0.3, 0.4) is 0 Å². The van der Waals surface area contributed by atoms with Crippen LogP contribution >= 0.6 is 0 Å². The molecule has 1 aromatic carbocycles. The van der Waals surface area contributed by atoms with Gasteiger partial charge in [0.05, 0.1) is 6.10 Å². The number of nitrogens with one attached hydrogen (secondary N) is 2. The number of hydrogen-bond donors (Lipinski definition) is 2. The topological polar surface area (TPSA) is 63.5 Å². The molecule has 1 aliphatic rings. The summed E-state index contributed by atoms with van der Waals surface area (Å²) in [6.07, 6.45) is 5.01. The van der Waals surface area contributed by atoms with Crippen LogP contribution in [0.5, 0.6) is 5.75 Å². The van der Waals surface area contributed by atoms with E-state index in [1.165, 1.54) is 12.8 Å². The number of benzene rings is 1. The first-order valence-electron chi connectivity index (χ1n) is 8.94. The predicted molar refractivity (Wildman–Crippen MR) is 96.6 cm³/mol. The molecule has 5 nitrogen and oxygen atoms in total. The van der Waals surface area contributed by atoms with Gasteiger partial charge in [-0.1, -0.05) is 18.2 Å². The van der Waals surface area contributed by atoms with Crippen LogP contribution in [0.15, 0.2) is 34.7 Å². The summed E-state index contributed by atoms with van der Waals surface area (Å²) in [5.41, 5.74) is 2.00. The lowest BCUT2D eigenvalue weighted by Crippen LogP contribution is -2.34. The molecule has 25 heavy (non-hydrogen) atoms. The molecule has 1 saturated carbocycles. The number of amides is 2. The number of para-hydroxylation sites is 1. The van der Waals surface area contributed by atoms with Gasteiger partial charge in [-0.3, -0.25) is 0 Å². The second kappa shape index (κ2) is 8.10. The third kappa shape index (κ3) is 4.78. The molecule has 0 atom stereocenters. The van der Waals surface area contributed by atoms with Gasteiger partial charge in [-0.25, -0.2) is 4.79 Å². The number of ether oxygens (including phenoxy) is 1. The van der Waals surface area contributed by atoms with E-state index in [1.54, 1.807) is 0 Å². The molecule has 134 valence electrons. The summed E-state index contributed by atoms with van der Waals surface area (Å²) in [5.74, 6) is 2.57. The van der Waals surface area contributed by atoms with Crippen LogP contribution in [0.2, 0.25) is 0 Å². The summed E-state index contributed by atoms with van der Waals surface area (Å²) in [4.78, 5) is 12.1. The zero-order valence-corrected chi connectivity index (χ0v) is 14.9. The van der Waals surface area contributed by atoms with E-state index in [-0.39, 0.29) is 6.03 Å². The molecule has 0 aliphatic heterocycles. The number of carbonyl (C=O) groups excluding carboxylic acids is 1. The van der Waals surface area contributed by atoms with E-state index in [0.717, 1.165) is 41.2 Å². The van der Waals surface area contributed by atoms with Crippen LogP contribution in [0.25, 0.3) is 0 Å². The first kappa shape index (κ1) is 17.4. The van der Waals surface area contributed by atoms with Gasteiger partial charge in [0.1, 0.15) is 17.3 Å². The highest BCUT2D eigenvalue weighted by Crippen LogP contribution is 2.26. The fraction of sp³-hybridized carbons (Fsp3) is 0.450. The van der Waals surface area contributed by atoms with Crippen molar-refractivity contribution in [3.8, 4) is 5.75 Å². The van der Waals surface area contributed by atoms with Gasteiger partial charge in [-0.15, -0.1) is 0 Å². The molecule has 2 amide bonds. The summed E-state index contributed by atoms with van der Waals surface area (Å²) in [5, 5.41) is 5.77. The molecule has 0 bridgehead atoms. The number of rotatable bonds is 6. The van der Waals surface area contributed by atoms with Crippen molar-refractivity contribution >= 4 is 6.03 Å². The average molecular weight is 342 g/mol. The normalized spacial score (nSPS) is 14.5. The SMILES string of the molecule is Cc1cc(CNC(=O)NCc2ccccc2OC2CCCC2)c(C)o1. The molecular weight excluding hydrogens is 316 g/mol. The lowest BCUT2D eigenvalue weighted by Gasteiger charge is -2.17. The summed E-state index contributed by atoms with van der Waals surface area (Å²) >= 11 is 0. The van der Waals surface area contributed by atoms with Crippen molar-refractivity contribution in [3.05, 3.63) is 53.0 Å². The van der Waals surface area contributed by atoms with Crippen LogP contribution < -0.4 is 15.4 Å². The fourth-order valence-corrected chi connectivity index (χ4v) is 3.22. The van der Waals surface area contributed by atoms with Gasteiger partial charge < -0.3 is 19.8 Å². The minimum absolute atomic E-state index is 0.200. The fourth-order valence-electron chi connectivity index (χ4n) is 3.22. The van der Waals surface area contributed by atoms with E-state index in [1.807, 2.05) is 44.2 Å². The monoisotopic (exact) mass is 342 g/mol. The third-order valence-corrected chi connectivity index (χ3v) is 4.59. The Balaban J connectivity index is 1.50. The van der Waals surface area contributed by atoms with E-state index < -0.39 is 0 Å². The van der Waals surface area contributed by atoms with Crippen LogP contribution in [-0.2, 0) is 13.1 Å². The number of furan rings is 1. The van der Waals surface area contributed by atoms with Gasteiger partial charge in [-0.2, -0.15) is 0 Å². The first-order chi connectivity index (χ1) is 12.1. The lowest BCUT2D eigenvalue weighted by atomic mass is 10.2. The highest BCUT2D eigenvalue weighted by atomic mass is 16.5. The average Bonchev–Trinajstić information content (AvgIpc) is 3.21. The Morgan fingerprint density at radius 1 is 1.12 bits per heavy atom. The van der Waals surface area contributed by atoms with Gasteiger partial charge in [0.25, 0.3) is 0 Å². The maximum atomic E-state index is 12.1. The molecule has 0 saturated heterocycles. The number of hydrogen-bond acceptors (Lipinski definition) is 3. The minimum atomic E-state index is -0.200. The van der Waals surface area contributed by atoms with Gasteiger partial charge in [-0.05, 0) is 51.7 Å². The summed E-state index contributed by atoms with van der Waals surface area (Å²) in [6.45, 7) is 4.70. The van der Waals surface area contributed by atoms with Gasteiger partial charge in [0, 0.05) is 24.2 Å². The van der Waals surface area contributed by atoms with E-state index in [0.29, 0.717) is 19.2 Å². The Labute approximate surface area is 148 Å². The van der Waals surface area contributed by atoms with E-state index in [9.17, 15) is 4.79 Å². The first-order valence-corrected chi connectivity index (χ1v) is 8.94. The molecule has 5 heteroatoms. The van der Waals surface area contributed by atoms with E-state index in [2.05, 4.69) is 10.6 Å². The van der Waals surface area contributed by atoms with Crippen molar-refractivity contribution in [1.82, 2.24) is 10.6 Å². The highest BCUT2D eigenvalue weighted by Gasteiger charge is 2.17. The third-order valence-electron chi connectivity index (χ3n) is 4.59. The Morgan fingerprint density at radius 2 is 1.80 bits per heavy atom. The second-order valence-electron chi connectivity index (χ2n) is 6.61. The molecule has 2 N–H and O–H groups in total. The summed E-state index contributed by atoms with van der Waals surface area (Å²) in [6, 6.07) is 9.65. The Bertz CT molecular complexity index is 717. The molecule has 1 aliphatic carbocycles. The largest absolute Gasteiger partial charge is 0.490 e. The lowest BCUT2D eigenvalue weighted by molar-refractivity contribution is 0.207. The van der Waals surface area contributed by atoms with Crippen LogP contribution in [-0.4, -0.2) is 12.1 Å². The maximum absolute atomic E-state index is 12.1. The van der Waals surface area contributed by atoms with E-state index >= 15 is 0 Å². The molecule has 1 heterocycles. The number of aryl methyl sites for hydroxylation is 2. The van der Waals surface area contributed by atoms with Crippen molar-refractivity contribution in [2.24, 2.45) is 0 Å². The van der Waals surface area contributed by atoms with E-state index in [4.69, 9.17) is 9.15 Å². The summed E-state index contributed by atoms with van der Waals surface area (Å²) < 4.78 is 11.6. The van der Waals surface area contributed by atoms with Crippen LogP contribution in [0, 0.1) is 13.8 Å². The molecular formula is C20H26N2O3. The van der Waals surface area contributed by atoms with Gasteiger partial charge in [0.15, 0.2) is 0 Å². The molecule has 0 unspecified atom stereocenters. The Hall–Kier alpha value is -2.43. The molecule has 0 radical (unpaired) electrons. The van der Waals surface area contributed by atoms with Gasteiger partial charge >= 0.3 is 6.03 Å². The summed E-state index contributed by atoms with van der Waals surface area (Å²) in [7, 11) is 0. The van der Waals surface area contributed by atoms with Crippen molar-refractivity contribution in [3.63, 3.8) is 0 Å². The zero-order chi connectivity index (χ0) is 17.6. The molecule has 1 fully saturated rings. The Morgan fingerprint density at radius 3 is 2.48 bits per heavy atom. The predicted octanol–water partition coefficient (Wildman–Crippen LogP) is 4.22. The smallest absolute Gasteiger partial charge is 0.315 e. The second-order valence-corrected chi connectivity index (χ2v) is 6.61. The van der Waals surface area contributed by atoms with Crippen LogP contribution in [0.4, 0.5) is 4.79 Å². The van der Waals surface area contributed by atoms with Crippen LogP contribution in [0.1, 0.15) is 48.3 Å². The van der Waals surface area contributed by atoms with Crippen molar-refractivity contribution in [1.29, 1.82) is 0 Å². The van der Waals surface area contributed by atoms with Gasteiger partial charge in [0.2, 0.25) is 0 Å². The van der Waals surface area contributed by atoms with Crippen molar-refractivity contribution in [2.75, 3.05) is 0 Å². The highest BCUT2D eigenvalue weighted by molar-refractivity contribution is 5.73. The van der Waals surface area contributed by atoms with Crippen molar-refractivity contribution in [2.45, 2.75) is 58.7 Å². The molecule has 1 aromatic heterocycles. The minimum Gasteiger partial charge on any atom is -0.490 e. The zero-order valence-electron chi connectivity index (χ0n) is 14.9. The molecule has 0 spiro atoms. The maximum Gasteiger partial charge on any atom is 0.315 e. The Kier molecular flexibility index (Phi) is 5.64. The van der Waals surface area contributed by atoms with Crippen molar-refractivity contribution < 1.29 is 13.9 Å². The quantitative estimate of drug-likeness (QED) is 0.826. The molecule has 2 aromatic rings. The standard InChI is InChI=1S/C20H26N2O3/c1-14-11-17(15(2)24-14)13-22-20(23)21-12-16-7-3-6-10-19(16)25-18-8-4-5-9-18/h3,6-7,10-11,18H,4-5,8-9,12-13H2,1-2H3,(H2,21,22,23). The number of urea groups is 1. The number of carbonyl (C=O) groups is 1. The molecule has 3 rings (SSSR count).